The number of aliphatic hydroxyl groups is 1. The number of fused-ring (bicyclic) bond motifs is 1. The van der Waals surface area contributed by atoms with E-state index in [1.807, 2.05) is 12.4 Å². The van der Waals surface area contributed by atoms with Crippen LogP contribution in [0.15, 0.2) is 18.5 Å². The highest BCUT2D eigenvalue weighted by molar-refractivity contribution is 5.50. The number of likely N-dealkylation sites (tertiary alicyclic amines) is 1. The summed E-state index contributed by atoms with van der Waals surface area (Å²) >= 11 is 0. The Morgan fingerprint density at radius 1 is 1.24 bits per heavy atom. The molecule has 136 valence electrons. The van der Waals surface area contributed by atoms with Gasteiger partial charge in [0.05, 0.1) is 18.8 Å². The van der Waals surface area contributed by atoms with Crippen molar-refractivity contribution in [3.8, 4) is 11.5 Å². The SMILES string of the molecule is OC[C@@H]1CCCCN1CCCn1ccnc1-c1cc2n(n1)CCNC2. The molecule has 0 aliphatic carbocycles. The number of aliphatic hydroxyl groups excluding tert-OH is 1. The number of imidazole rings is 1. The van der Waals surface area contributed by atoms with Crippen molar-refractivity contribution in [3.05, 3.63) is 24.2 Å². The molecule has 7 nitrogen and oxygen atoms in total. The largest absolute Gasteiger partial charge is 0.395 e. The topological polar surface area (TPSA) is 71.1 Å². The summed E-state index contributed by atoms with van der Waals surface area (Å²) in [5.74, 6) is 0.958. The lowest BCUT2D eigenvalue weighted by atomic mass is 10.0. The van der Waals surface area contributed by atoms with Crippen molar-refractivity contribution in [2.24, 2.45) is 0 Å². The molecule has 0 radical (unpaired) electrons. The molecule has 2 aromatic rings. The first-order valence-electron chi connectivity index (χ1n) is 9.49. The third-order valence-electron chi connectivity index (χ3n) is 5.42. The van der Waals surface area contributed by atoms with E-state index in [4.69, 9.17) is 5.10 Å². The predicted octanol–water partition coefficient (Wildman–Crippen LogP) is 1.09. The fourth-order valence-electron chi connectivity index (χ4n) is 4.03. The summed E-state index contributed by atoms with van der Waals surface area (Å²) in [6, 6.07) is 2.50. The van der Waals surface area contributed by atoms with Gasteiger partial charge >= 0.3 is 0 Å². The fraction of sp³-hybridized carbons (Fsp3) is 0.667. The van der Waals surface area contributed by atoms with Gasteiger partial charge < -0.3 is 15.0 Å². The Kier molecular flexibility index (Phi) is 5.14. The minimum absolute atomic E-state index is 0.282. The van der Waals surface area contributed by atoms with Crippen LogP contribution in [0.1, 0.15) is 31.4 Å². The number of hydrogen-bond donors (Lipinski definition) is 2. The van der Waals surface area contributed by atoms with E-state index in [-0.39, 0.29) is 6.61 Å². The molecule has 2 aliphatic heterocycles. The van der Waals surface area contributed by atoms with Crippen molar-refractivity contribution < 1.29 is 5.11 Å². The minimum Gasteiger partial charge on any atom is -0.395 e. The van der Waals surface area contributed by atoms with Crippen molar-refractivity contribution >= 4 is 0 Å². The van der Waals surface area contributed by atoms with Gasteiger partial charge in [-0.1, -0.05) is 6.42 Å². The van der Waals surface area contributed by atoms with E-state index in [1.54, 1.807) is 0 Å². The molecular formula is C18H28N6O. The van der Waals surface area contributed by atoms with Gasteiger partial charge in [-0.05, 0) is 31.9 Å². The second-order valence-corrected chi connectivity index (χ2v) is 7.09. The van der Waals surface area contributed by atoms with Crippen LogP contribution in [-0.2, 0) is 19.6 Å². The van der Waals surface area contributed by atoms with Crippen LogP contribution in [0.5, 0.6) is 0 Å². The molecule has 2 N–H and O–H groups in total. The zero-order valence-electron chi connectivity index (χ0n) is 14.8. The molecule has 2 aromatic heterocycles. The second-order valence-electron chi connectivity index (χ2n) is 7.09. The number of nitrogens with zero attached hydrogens (tertiary/aromatic N) is 5. The summed E-state index contributed by atoms with van der Waals surface area (Å²) in [6.45, 7) is 6.15. The van der Waals surface area contributed by atoms with Gasteiger partial charge in [0, 0.05) is 44.6 Å². The predicted molar refractivity (Wildman–Crippen MR) is 96.1 cm³/mol. The Morgan fingerprint density at radius 3 is 3.08 bits per heavy atom. The van der Waals surface area contributed by atoms with Gasteiger partial charge in [0.25, 0.3) is 0 Å². The minimum atomic E-state index is 0.282. The lowest BCUT2D eigenvalue weighted by Gasteiger charge is -2.34. The Bertz CT molecular complexity index is 670. The number of nitrogens with one attached hydrogen (secondary N) is 1. The molecule has 0 amide bonds. The molecule has 0 spiro atoms. The summed E-state index contributed by atoms with van der Waals surface area (Å²) < 4.78 is 4.30. The summed E-state index contributed by atoms with van der Waals surface area (Å²) in [7, 11) is 0. The molecule has 0 saturated carbocycles. The summed E-state index contributed by atoms with van der Waals surface area (Å²) in [4.78, 5) is 6.99. The van der Waals surface area contributed by atoms with Crippen molar-refractivity contribution in [1.29, 1.82) is 0 Å². The standard InChI is InChI=1S/C18H28N6O/c25-14-15-4-1-2-7-22(15)8-3-9-23-10-6-20-18(23)17-12-16-13-19-5-11-24(16)21-17/h6,10,12,15,19,25H,1-5,7-9,11,13-14H2/t15-/m0/s1. The Morgan fingerprint density at radius 2 is 2.20 bits per heavy atom. The third kappa shape index (κ3) is 3.63. The molecule has 4 heterocycles. The van der Waals surface area contributed by atoms with Gasteiger partial charge in [-0.25, -0.2) is 4.98 Å². The van der Waals surface area contributed by atoms with Gasteiger partial charge in [0.1, 0.15) is 5.69 Å². The van der Waals surface area contributed by atoms with Crippen LogP contribution in [0.25, 0.3) is 11.5 Å². The molecule has 1 fully saturated rings. The quantitative estimate of drug-likeness (QED) is 0.821. The van der Waals surface area contributed by atoms with Gasteiger partial charge in [0.2, 0.25) is 0 Å². The highest BCUT2D eigenvalue weighted by atomic mass is 16.3. The van der Waals surface area contributed by atoms with Crippen molar-refractivity contribution in [1.82, 2.24) is 29.5 Å². The molecule has 1 saturated heterocycles. The normalized spacial score (nSPS) is 21.4. The maximum Gasteiger partial charge on any atom is 0.160 e. The maximum absolute atomic E-state index is 9.55. The van der Waals surface area contributed by atoms with E-state index in [0.717, 1.165) is 63.6 Å². The zero-order chi connectivity index (χ0) is 17.1. The summed E-state index contributed by atoms with van der Waals surface area (Å²) in [6.07, 6.45) is 8.60. The molecule has 0 unspecified atom stereocenters. The van der Waals surface area contributed by atoms with Crippen LogP contribution in [-0.4, -0.2) is 61.6 Å². The zero-order valence-corrected chi connectivity index (χ0v) is 14.8. The summed E-state index contributed by atoms with van der Waals surface area (Å²) in [5.41, 5.74) is 2.20. The molecular weight excluding hydrogens is 316 g/mol. The van der Waals surface area contributed by atoms with E-state index < -0.39 is 0 Å². The van der Waals surface area contributed by atoms with Gasteiger partial charge in [-0.3, -0.25) is 9.58 Å². The van der Waals surface area contributed by atoms with Crippen LogP contribution in [0.3, 0.4) is 0 Å². The highest BCUT2D eigenvalue weighted by Crippen LogP contribution is 2.20. The lowest BCUT2D eigenvalue weighted by molar-refractivity contribution is 0.0882. The summed E-state index contributed by atoms with van der Waals surface area (Å²) in [5, 5.41) is 17.7. The Balaban J connectivity index is 1.39. The number of aromatic nitrogens is 4. The van der Waals surface area contributed by atoms with Gasteiger partial charge in [-0.15, -0.1) is 0 Å². The molecule has 2 aliphatic rings. The van der Waals surface area contributed by atoms with Crippen LogP contribution < -0.4 is 5.32 Å². The van der Waals surface area contributed by atoms with Crippen molar-refractivity contribution in [2.45, 2.75) is 51.4 Å². The number of rotatable bonds is 6. The maximum atomic E-state index is 9.55. The van der Waals surface area contributed by atoms with Crippen LogP contribution in [0.2, 0.25) is 0 Å². The first kappa shape index (κ1) is 16.8. The van der Waals surface area contributed by atoms with Crippen molar-refractivity contribution in [2.75, 3.05) is 26.2 Å². The number of hydrogen-bond acceptors (Lipinski definition) is 5. The monoisotopic (exact) mass is 344 g/mol. The highest BCUT2D eigenvalue weighted by Gasteiger charge is 2.21. The Hall–Kier alpha value is -1.70. The van der Waals surface area contributed by atoms with E-state index in [1.165, 1.54) is 18.5 Å². The lowest BCUT2D eigenvalue weighted by Crippen LogP contribution is -2.42. The molecule has 7 heteroatoms. The fourth-order valence-corrected chi connectivity index (χ4v) is 4.03. The van der Waals surface area contributed by atoms with E-state index >= 15 is 0 Å². The van der Waals surface area contributed by atoms with E-state index in [2.05, 4.69) is 30.5 Å². The number of piperidine rings is 1. The molecule has 0 aromatic carbocycles. The first-order valence-corrected chi connectivity index (χ1v) is 9.49. The average Bonchev–Trinajstić information content (AvgIpc) is 3.28. The molecule has 4 rings (SSSR count). The number of aryl methyl sites for hydroxylation is 1. The van der Waals surface area contributed by atoms with Gasteiger partial charge in [-0.2, -0.15) is 5.10 Å². The van der Waals surface area contributed by atoms with Crippen molar-refractivity contribution in [3.63, 3.8) is 0 Å². The van der Waals surface area contributed by atoms with Crippen LogP contribution in [0.4, 0.5) is 0 Å². The molecule has 25 heavy (non-hydrogen) atoms. The third-order valence-corrected chi connectivity index (χ3v) is 5.42. The first-order chi connectivity index (χ1) is 12.3. The van der Waals surface area contributed by atoms with E-state index in [0.29, 0.717) is 6.04 Å². The smallest absolute Gasteiger partial charge is 0.160 e. The van der Waals surface area contributed by atoms with Crippen LogP contribution >= 0.6 is 0 Å². The van der Waals surface area contributed by atoms with Crippen LogP contribution in [0, 0.1) is 0 Å². The molecule has 0 bridgehead atoms. The van der Waals surface area contributed by atoms with E-state index in [9.17, 15) is 5.11 Å². The second kappa shape index (κ2) is 7.68. The Labute approximate surface area is 148 Å². The molecule has 1 atom stereocenters. The van der Waals surface area contributed by atoms with Gasteiger partial charge in [0.15, 0.2) is 5.82 Å². The average molecular weight is 344 g/mol.